The van der Waals surface area contributed by atoms with Gasteiger partial charge in [0.25, 0.3) is 0 Å². The van der Waals surface area contributed by atoms with E-state index < -0.39 is 0 Å². The van der Waals surface area contributed by atoms with Crippen molar-refractivity contribution in [1.29, 1.82) is 0 Å². The maximum Gasteiger partial charge on any atom is 0.176 e. The van der Waals surface area contributed by atoms with Crippen molar-refractivity contribution in [3.63, 3.8) is 0 Å². The van der Waals surface area contributed by atoms with Gasteiger partial charge in [0.2, 0.25) is 0 Å². The number of rotatable bonds is 6. The Balaban J connectivity index is 1.98. The molecule has 0 radical (unpaired) electrons. The predicted octanol–water partition coefficient (Wildman–Crippen LogP) is 3.68. The molecule has 0 aliphatic carbocycles. The van der Waals surface area contributed by atoms with Crippen molar-refractivity contribution in [3.05, 3.63) is 66.7 Å². The highest BCUT2D eigenvalue weighted by Gasteiger charge is 2.19. The lowest BCUT2D eigenvalue weighted by atomic mass is 10.0. The molecule has 0 aliphatic heterocycles. The van der Waals surface area contributed by atoms with E-state index in [0.717, 1.165) is 24.6 Å². The Labute approximate surface area is 131 Å². The molecule has 1 aromatic carbocycles. The summed E-state index contributed by atoms with van der Waals surface area (Å²) in [7, 11) is 4.20. The van der Waals surface area contributed by atoms with Crippen LogP contribution in [0.4, 0.5) is 0 Å². The molecule has 0 fully saturated rings. The second-order valence-electron chi connectivity index (χ2n) is 5.65. The van der Waals surface area contributed by atoms with Crippen LogP contribution in [0.1, 0.15) is 18.0 Å². The quantitative estimate of drug-likeness (QED) is 0.695. The Morgan fingerprint density at radius 3 is 2.64 bits per heavy atom. The molecule has 0 amide bonds. The van der Waals surface area contributed by atoms with Crippen LogP contribution in [0.15, 0.2) is 65.5 Å². The van der Waals surface area contributed by atoms with E-state index in [0.29, 0.717) is 0 Å². The third-order valence-corrected chi connectivity index (χ3v) is 3.78. The van der Waals surface area contributed by atoms with Gasteiger partial charge in [-0.1, -0.05) is 30.3 Å². The molecule has 4 heteroatoms. The molecule has 0 aliphatic rings. The van der Waals surface area contributed by atoms with Gasteiger partial charge in [-0.25, -0.2) is 4.98 Å². The first-order valence-electron chi connectivity index (χ1n) is 7.52. The van der Waals surface area contributed by atoms with E-state index >= 15 is 0 Å². The summed E-state index contributed by atoms with van der Waals surface area (Å²) in [6.45, 7) is 1.01. The fourth-order valence-electron chi connectivity index (χ4n) is 2.68. The summed E-state index contributed by atoms with van der Waals surface area (Å²) >= 11 is 0. The molecule has 0 bridgehead atoms. The molecule has 2 aromatic heterocycles. The molecule has 4 nitrogen and oxygen atoms in total. The lowest BCUT2D eigenvalue weighted by molar-refractivity contribution is 0.367. The van der Waals surface area contributed by atoms with Crippen molar-refractivity contribution in [1.82, 2.24) is 14.5 Å². The lowest BCUT2D eigenvalue weighted by Gasteiger charge is -2.22. The van der Waals surface area contributed by atoms with Gasteiger partial charge in [-0.05, 0) is 44.8 Å². The molecular weight excluding hydrogens is 274 g/mol. The predicted molar refractivity (Wildman–Crippen MR) is 87.7 cm³/mol. The van der Waals surface area contributed by atoms with Crippen LogP contribution < -0.4 is 0 Å². The molecule has 22 heavy (non-hydrogen) atoms. The Kier molecular flexibility index (Phi) is 4.39. The van der Waals surface area contributed by atoms with Gasteiger partial charge in [0.05, 0.1) is 12.3 Å². The smallest absolute Gasteiger partial charge is 0.176 e. The highest BCUT2D eigenvalue weighted by Crippen LogP contribution is 2.28. The van der Waals surface area contributed by atoms with E-state index in [2.05, 4.69) is 52.8 Å². The number of nitrogens with zero attached hydrogens (tertiary/aromatic N) is 3. The zero-order valence-corrected chi connectivity index (χ0v) is 13.0. The minimum Gasteiger partial charge on any atom is -0.461 e. The molecule has 0 spiro atoms. The van der Waals surface area contributed by atoms with E-state index in [4.69, 9.17) is 4.42 Å². The summed E-state index contributed by atoms with van der Waals surface area (Å²) in [5, 5.41) is 0. The fraction of sp³-hybridized carbons (Fsp3) is 0.278. The van der Waals surface area contributed by atoms with Gasteiger partial charge in [-0.15, -0.1) is 0 Å². The third-order valence-electron chi connectivity index (χ3n) is 3.78. The molecule has 0 saturated heterocycles. The molecule has 114 valence electrons. The number of benzene rings is 1. The summed E-state index contributed by atoms with van der Waals surface area (Å²) < 4.78 is 7.74. The summed E-state index contributed by atoms with van der Waals surface area (Å²) in [4.78, 5) is 6.70. The molecule has 0 unspecified atom stereocenters. The Morgan fingerprint density at radius 2 is 1.95 bits per heavy atom. The lowest BCUT2D eigenvalue weighted by Crippen LogP contribution is -2.20. The van der Waals surface area contributed by atoms with Crippen molar-refractivity contribution in [2.24, 2.45) is 0 Å². The molecule has 0 N–H and O–H groups in total. The SMILES string of the molecule is CN(C)CC[C@H](c1ccccc1)n1ccnc1-c1ccco1. The average molecular weight is 295 g/mol. The van der Waals surface area contributed by atoms with Gasteiger partial charge in [-0.2, -0.15) is 0 Å². The Morgan fingerprint density at radius 1 is 1.14 bits per heavy atom. The Hall–Kier alpha value is -2.33. The standard InChI is InChI=1S/C18H21N3O/c1-20(2)12-10-16(15-7-4-3-5-8-15)21-13-11-19-18(21)17-9-6-14-22-17/h3-9,11,13-14,16H,10,12H2,1-2H3/t16-/m1/s1. The van der Waals surface area contributed by atoms with Crippen LogP contribution >= 0.6 is 0 Å². The summed E-state index contributed by atoms with van der Waals surface area (Å²) in [6.07, 6.45) is 6.57. The first kappa shape index (κ1) is 14.6. The molecule has 1 atom stereocenters. The van der Waals surface area contributed by atoms with Crippen molar-refractivity contribution >= 4 is 0 Å². The van der Waals surface area contributed by atoms with E-state index in [9.17, 15) is 0 Å². The minimum absolute atomic E-state index is 0.242. The van der Waals surface area contributed by atoms with Gasteiger partial charge < -0.3 is 13.9 Å². The van der Waals surface area contributed by atoms with Gasteiger partial charge in [0, 0.05) is 12.4 Å². The summed E-state index contributed by atoms with van der Waals surface area (Å²) in [5.74, 6) is 1.67. The summed E-state index contributed by atoms with van der Waals surface area (Å²) in [6, 6.07) is 14.7. The normalized spacial score (nSPS) is 12.7. The van der Waals surface area contributed by atoms with Crippen molar-refractivity contribution < 1.29 is 4.42 Å². The zero-order chi connectivity index (χ0) is 15.4. The second-order valence-corrected chi connectivity index (χ2v) is 5.65. The third kappa shape index (κ3) is 3.12. The van der Waals surface area contributed by atoms with Crippen LogP contribution in [0.25, 0.3) is 11.6 Å². The van der Waals surface area contributed by atoms with Crippen LogP contribution in [-0.4, -0.2) is 35.1 Å². The highest BCUT2D eigenvalue weighted by molar-refractivity contribution is 5.47. The fourth-order valence-corrected chi connectivity index (χ4v) is 2.68. The van der Waals surface area contributed by atoms with Gasteiger partial charge in [0.15, 0.2) is 11.6 Å². The molecule has 3 aromatic rings. The van der Waals surface area contributed by atoms with Crippen molar-refractivity contribution in [2.75, 3.05) is 20.6 Å². The van der Waals surface area contributed by atoms with Crippen LogP contribution in [0, 0.1) is 0 Å². The minimum atomic E-state index is 0.242. The number of furan rings is 1. The Bertz CT molecular complexity index is 686. The van der Waals surface area contributed by atoms with Crippen LogP contribution in [0.3, 0.4) is 0 Å². The van der Waals surface area contributed by atoms with Gasteiger partial charge in [0.1, 0.15) is 0 Å². The highest BCUT2D eigenvalue weighted by atomic mass is 16.3. The van der Waals surface area contributed by atoms with E-state index in [1.807, 2.05) is 30.6 Å². The van der Waals surface area contributed by atoms with E-state index in [-0.39, 0.29) is 6.04 Å². The zero-order valence-electron chi connectivity index (χ0n) is 13.0. The molecule has 3 rings (SSSR count). The molecule has 2 heterocycles. The largest absolute Gasteiger partial charge is 0.461 e. The van der Waals surface area contributed by atoms with Crippen LogP contribution in [0.5, 0.6) is 0 Å². The van der Waals surface area contributed by atoms with Crippen molar-refractivity contribution in [3.8, 4) is 11.6 Å². The monoisotopic (exact) mass is 295 g/mol. The average Bonchev–Trinajstić information content (AvgIpc) is 3.19. The number of hydrogen-bond acceptors (Lipinski definition) is 3. The van der Waals surface area contributed by atoms with Crippen molar-refractivity contribution in [2.45, 2.75) is 12.5 Å². The molecular formula is C18H21N3O. The number of hydrogen-bond donors (Lipinski definition) is 0. The summed E-state index contributed by atoms with van der Waals surface area (Å²) in [5.41, 5.74) is 1.29. The first-order chi connectivity index (χ1) is 10.8. The number of imidazole rings is 1. The number of aromatic nitrogens is 2. The maximum atomic E-state index is 5.54. The van der Waals surface area contributed by atoms with Gasteiger partial charge >= 0.3 is 0 Å². The maximum absolute atomic E-state index is 5.54. The van der Waals surface area contributed by atoms with Crippen LogP contribution in [-0.2, 0) is 0 Å². The molecule has 0 saturated carbocycles. The van der Waals surface area contributed by atoms with E-state index in [1.54, 1.807) is 6.26 Å². The first-order valence-corrected chi connectivity index (χ1v) is 7.52. The van der Waals surface area contributed by atoms with Gasteiger partial charge in [-0.3, -0.25) is 0 Å². The topological polar surface area (TPSA) is 34.2 Å². The van der Waals surface area contributed by atoms with Crippen LogP contribution in [0.2, 0.25) is 0 Å². The second kappa shape index (κ2) is 6.62. The van der Waals surface area contributed by atoms with E-state index in [1.165, 1.54) is 5.56 Å².